The number of sulfonamides is 1. The highest BCUT2D eigenvalue weighted by Gasteiger charge is 2.26. The van der Waals surface area contributed by atoms with E-state index in [0.29, 0.717) is 55.2 Å². The van der Waals surface area contributed by atoms with Crippen molar-refractivity contribution < 1.29 is 27.4 Å². The zero-order valence-electron chi connectivity index (χ0n) is 23.3. The molecule has 40 heavy (non-hydrogen) atoms. The Morgan fingerprint density at radius 2 is 1.60 bits per heavy atom. The maximum absolute atomic E-state index is 13.1. The average molecular weight is 588 g/mol. The van der Waals surface area contributed by atoms with E-state index in [1.165, 1.54) is 36.4 Å². The van der Waals surface area contributed by atoms with Crippen molar-refractivity contribution in [1.29, 1.82) is 0 Å². The van der Waals surface area contributed by atoms with E-state index in [4.69, 9.17) is 23.9 Å². The van der Waals surface area contributed by atoms with Gasteiger partial charge in [0.2, 0.25) is 15.8 Å². The second-order valence-corrected chi connectivity index (χ2v) is 12.8. The lowest BCUT2D eigenvalue weighted by atomic mass is 9.89. The molecule has 0 unspecified atom stereocenters. The van der Waals surface area contributed by atoms with Crippen molar-refractivity contribution in [2.45, 2.75) is 43.5 Å². The molecular formula is C29H37N3O6S2. The fourth-order valence-corrected chi connectivity index (χ4v) is 7.77. The molecule has 2 heterocycles. The number of morpholine rings is 1. The summed E-state index contributed by atoms with van der Waals surface area (Å²) in [5.74, 6) is 2.33. The molecule has 0 amide bonds. The van der Waals surface area contributed by atoms with Gasteiger partial charge in [-0.05, 0) is 55.2 Å². The van der Waals surface area contributed by atoms with Gasteiger partial charge in [0.05, 0.1) is 50.8 Å². The summed E-state index contributed by atoms with van der Waals surface area (Å²) >= 11 is 1.57. The number of rotatable bonds is 9. The predicted molar refractivity (Wildman–Crippen MR) is 155 cm³/mol. The number of benzene rings is 2. The third-order valence-electron chi connectivity index (χ3n) is 7.59. The number of hydrogen-bond acceptors (Lipinski definition) is 8. The SMILES string of the molecule is COc1cc(-c2csc(=Nc3ccc(S(=O)(=O)N4CCOCC4)cc3)n2CC2CCCCC2)cc(OC)c1OC. The van der Waals surface area contributed by atoms with Crippen LogP contribution >= 0.6 is 11.3 Å². The first kappa shape index (κ1) is 28.7. The number of nitrogens with zero attached hydrogens (tertiary/aromatic N) is 3. The second-order valence-electron chi connectivity index (χ2n) is 10.1. The fourth-order valence-electron chi connectivity index (χ4n) is 5.42. The van der Waals surface area contributed by atoms with Crippen molar-refractivity contribution in [2.24, 2.45) is 10.9 Å². The molecule has 11 heteroatoms. The van der Waals surface area contributed by atoms with Crippen molar-refractivity contribution in [3.05, 3.63) is 46.6 Å². The third kappa shape index (κ3) is 6.07. The number of thiazole rings is 1. The Labute approximate surface area is 240 Å². The van der Waals surface area contributed by atoms with Crippen molar-refractivity contribution in [2.75, 3.05) is 47.6 Å². The van der Waals surface area contributed by atoms with Gasteiger partial charge in [-0.3, -0.25) is 0 Å². The highest BCUT2D eigenvalue weighted by atomic mass is 32.2. The smallest absolute Gasteiger partial charge is 0.243 e. The van der Waals surface area contributed by atoms with Gasteiger partial charge >= 0.3 is 0 Å². The van der Waals surface area contributed by atoms with Crippen LogP contribution in [0.4, 0.5) is 5.69 Å². The molecule has 0 radical (unpaired) electrons. The Hall–Kier alpha value is -2.86. The minimum absolute atomic E-state index is 0.271. The summed E-state index contributed by atoms with van der Waals surface area (Å²) in [4.78, 5) is 6.10. The molecule has 2 aromatic carbocycles. The van der Waals surface area contributed by atoms with E-state index >= 15 is 0 Å². The molecule has 0 N–H and O–H groups in total. The van der Waals surface area contributed by atoms with Gasteiger partial charge in [-0.1, -0.05) is 19.3 Å². The van der Waals surface area contributed by atoms with Crippen LogP contribution in [-0.4, -0.2) is 64.9 Å². The topological polar surface area (TPSA) is 91.6 Å². The third-order valence-corrected chi connectivity index (χ3v) is 10.4. The van der Waals surface area contributed by atoms with Crippen LogP contribution in [0.5, 0.6) is 17.2 Å². The minimum Gasteiger partial charge on any atom is -0.493 e. The number of methoxy groups -OCH3 is 3. The number of hydrogen-bond donors (Lipinski definition) is 0. The molecule has 1 aliphatic carbocycles. The Morgan fingerprint density at radius 1 is 0.950 bits per heavy atom. The van der Waals surface area contributed by atoms with Gasteiger partial charge in [0.15, 0.2) is 16.3 Å². The molecule has 0 bridgehead atoms. The molecule has 216 valence electrons. The lowest BCUT2D eigenvalue weighted by Gasteiger charge is -2.26. The number of ether oxygens (including phenoxy) is 4. The summed E-state index contributed by atoms with van der Waals surface area (Å²) in [6, 6.07) is 10.8. The lowest BCUT2D eigenvalue weighted by Crippen LogP contribution is -2.40. The van der Waals surface area contributed by atoms with Crippen molar-refractivity contribution in [3.8, 4) is 28.5 Å². The van der Waals surface area contributed by atoms with Gasteiger partial charge in [-0.15, -0.1) is 11.3 Å². The Balaban J connectivity index is 1.53. The molecular weight excluding hydrogens is 550 g/mol. The molecule has 2 fully saturated rings. The summed E-state index contributed by atoms with van der Waals surface area (Å²) < 4.78 is 51.9. The molecule has 1 aromatic heterocycles. The van der Waals surface area contributed by atoms with E-state index in [1.54, 1.807) is 56.9 Å². The summed E-state index contributed by atoms with van der Waals surface area (Å²) in [5, 5.41) is 2.11. The summed E-state index contributed by atoms with van der Waals surface area (Å²) in [5.41, 5.74) is 2.69. The summed E-state index contributed by atoms with van der Waals surface area (Å²) in [6.45, 7) is 2.43. The molecule has 1 aliphatic heterocycles. The summed E-state index contributed by atoms with van der Waals surface area (Å²) in [6.07, 6.45) is 6.19. The van der Waals surface area contributed by atoms with Crippen LogP contribution in [0, 0.1) is 5.92 Å². The van der Waals surface area contributed by atoms with Crippen LogP contribution < -0.4 is 19.0 Å². The van der Waals surface area contributed by atoms with E-state index in [9.17, 15) is 8.42 Å². The van der Waals surface area contributed by atoms with Gasteiger partial charge in [0, 0.05) is 30.6 Å². The van der Waals surface area contributed by atoms with Gasteiger partial charge in [-0.25, -0.2) is 13.4 Å². The van der Waals surface area contributed by atoms with Crippen LogP contribution in [0.15, 0.2) is 51.7 Å². The average Bonchev–Trinajstić information content (AvgIpc) is 3.39. The van der Waals surface area contributed by atoms with Crippen molar-refractivity contribution in [1.82, 2.24) is 8.87 Å². The zero-order chi connectivity index (χ0) is 28.1. The van der Waals surface area contributed by atoms with E-state index in [-0.39, 0.29) is 4.90 Å². The first-order valence-corrected chi connectivity index (χ1v) is 16.0. The molecule has 5 rings (SSSR count). The van der Waals surface area contributed by atoms with E-state index in [0.717, 1.165) is 22.6 Å². The number of aromatic nitrogens is 1. The molecule has 0 atom stereocenters. The molecule has 1 saturated carbocycles. The predicted octanol–water partition coefficient (Wildman–Crippen LogP) is 5.08. The highest BCUT2D eigenvalue weighted by Crippen LogP contribution is 2.41. The van der Waals surface area contributed by atoms with E-state index in [2.05, 4.69) is 9.95 Å². The zero-order valence-corrected chi connectivity index (χ0v) is 24.9. The van der Waals surface area contributed by atoms with Crippen molar-refractivity contribution in [3.63, 3.8) is 0 Å². The van der Waals surface area contributed by atoms with Crippen LogP contribution in [0.25, 0.3) is 11.3 Å². The minimum atomic E-state index is -3.55. The first-order valence-electron chi connectivity index (χ1n) is 13.7. The Morgan fingerprint density at radius 3 is 2.20 bits per heavy atom. The second kappa shape index (κ2) is 12.8. The van der Waals surface area contributed by atoms with Gasteiger partial charge < -0.3 is 23.5 Å². The van der Waals surface area contributed by atoms with E-state index < -0.39 is 10.0 Å². The van der Waals surface area contributed by atoms with Crippen molar-refractivity contribution >= 4 is 27.0 Å². The van der Waals surface area contributed by atoms with Gasteiger partial charge in [0.1, 0.15) is 0 Å². The van der Waals surface area contributed by atoms with Gasteiger partial charge in [-0.2, -0.15) is 4.31 Å². The molecule has 1 saturated heterocycles. The summed E-state index contributed by atoms with van der Waals surface area (Å²) in [7, 11) is 1.28. The van der Waals surface area contributed by atoms with Crippen LogP contribution in [-0.2, 0) is 21.3 Å². The van der Waals surface area contributed by atoms with Crippen LogP contribution in [0.3, 0.4) is 0 Å². The first-order chi connectivity index (χ1) is 19.4. The molecule has 0 spiro atoms. The molecule has 3 aromatic rings. The Bertz CT molecular complexity index is 1440. The highest BCUT2D eigenvalue weighted by molar-refractivity contribution is 7.89. The maximum atomic E-state index is 13.1. The van der Waals surface area contributed by atoms with Crippen LogP contribution in [0.1, 0.15) is 32.1 Å². The monoisotopic (exact) mass is 587 g/mol. The fraction of sp³-hybridized carbons (Fsp3) is 0.483. The van der Waals surface area contributed by atoms with E-state index in [1.807, 2.05) is 12.1 Å². The maximum Gasteiger partial charge on any atom is 0.243 e. The quantitative estimate of drug-likeness (QED) is 0.347. The van der Waals surface area contributed by atoms with Crippen LogP contribution in [0.2, 0.25) is 0 Å². The van der Waals surface area contributed by atoms with Gasteiger partial charge in [0.25, 0.3) is 0 Å². The molecule has 2 aliphatic rings. The Kier molecular flexibility index (Phi) is 9.14. The molecule has 9 nitrogen and oxygen atoms in total. The normalized spacial score (nSPS) is 17.6. The lowest BCUT2D eigenvalue weighted by molar-refractivity contribution is 0.0730. The largest absolute Gasteiger partial charge is 0.493 e. The standard InChI is InChI=1S/C29H37N3O6S2/c1-35-26-17-22(18-27(36-2)28(26)37-3)25-20-39-29(32(25)19-21-7-5-4-6-8-21)30-23-9-11-24(12-10-23)40(33,34)31-13-15-38-16-14-31/h9-12,17-18,20-21H,4-8,13-16,19H2,1-3H3.